The predicted molar refractivity (Wildman–Crippen MR) is 99.2 cm³/mol. The monoisotopic (exact) mass is 386 g/mol. The molecule has 0 saturated carbocycles. The quantitative estimate of drug-likeness (QED) is 0.866. The lowest BCUT2D eigenvalue weighted by Crippen LogP contribution is -2.39. The van der Waals surface area contributed by atoms with Crippen molar-refractivity contribution >= 4 is 30.7 Å². The summed E-state index contributed by atoms with van der Waals surface area (Å²) in [7, 11) is 0. The molecule has 0 radical (unpaired) electrons. The van der Waals surface area contributed by atoms with Crippen LogP contribution >= 0.6 is 24.8 Å². The third-order valence-electron chi connectivity index (χ3n) is 4.79. The summed E-state index contributed by atoms with van der Waals surface area (Å²) in [6.07, 6.45) is 7.96. The number of halogens is 2. The highest BCUT2D eigenvalue weighted by Gasteiger charge is 2.22. The van der Waals surface area contributed by atoms with Gasteiger partial charge in [-0.15, -0.1) is 24.8 Å². The topological polar surface area (TPSA) is 68.0 Å². The number of piperidine rings is 1. The molecule has 2 aromatic rings. The Bertz CT molecular complexity index is 694. The summed E-state index contributed by atoms with van der Waals surface area (Å²) >= 11 is 0. The number of fused-ring (bicyclic) bond motifs is 1. The fourth-order valence-electron chi connectivity index (χ4n) is 3.42. The summed E-state index contributed by atoms with van der Waals surface area (Å²) in [5, 5.41) is 8.02. The first-order valence-corrected chi connectivity index (χ1v) is 8.30. The van der Waals surface area contributed by atoms with Gasteiger partial charge in [0.2, 0.25) is 5.91 Å². The van der Waals surface area contributed by atoms with Crippen molar-refractivity contribution in [2.45, 2.75) is 38.4 Å². The van der Waals surface area contributed by atoms with Crippen LogP contribution in [0.25, 0.3) is 0 Å². The Morgan fingerprint density at radius 3 is 3.00 bits per heavy atom. The summed E-state index contributed by atoms with van der Waals surface area (Å²) < 4.78 is 3.88. The van der Waals surface area contributed by atoms with Crippen LogP contribution in [0.3, 0.4) is 0 Å². The van der Waals surface area contributed by atoms with E-state index in [1.54, 1.807) is 4.68 Å². The Morgan fingerprint density at radius 2 is 2.20 bits per heavy atom. The highest BCUT2D eigenvalue weighted by molar-refractivity contribution is 5.85. The minimum Gasteiger partial charge on any atom is -0.333 e. The van der Waals surface area contributed by atoms with Crippen molar-refractivity contribution in [3.05, 3.63) is 36.2 Å². The normalized spacial score (nSPS) is 19.5. The molecule has 4 rings (SSSR count). The van der Waals surface area contributed by atoms with Crippen molar-refractivity contribution in [1.82, 2.24) is 29.5 Å². The van der Waals surface area contributed by atoms with Crippen LogP contribution in [0.2, 0.25) is 0 Å². The molecule has 25 heavy (non-hydrogen) atoms. The van der Waals surface area contributed by atoms with Gasteiger partial charge in [0.25, 0.3) is 0 Å². The number of nitrogens with one attached hydrogen (secondary N) is 1. The SMILES string of the molecule is Cl.Cl.O=C(Cn1ccc(C2CCCNC2)n1)N1CCn2cncc2C1. The number of carbonyl (C=O) groups is 1. The summed E-state index contributed by atoms with van der Waals surface area (Å²) in [4.78, 5) is 18.5. The van der Waals surface area contributed by atoms with E-state index in [0.717, 1.165) is 37.6 Å². The molecule has 0 aliphatic carbocycles. The molecule has 1 N–H and O–H groups in total. The van der Waals surface area contributed by atoms with E-state index in [4.69, 9.17) is 0 Å². The Hall–Kier alpha value is -1.57. The molecule has 0 bridgehead atoms. The van der Waals surface area contributed by atoms with Crippen LogP contribution in [-0.4, -0.2) is 49.8 Å². The summed E-state index contributed by atoms with van der Waals surface area (Å²) in [5.74, 6) is 0.596. The number of amides is 1. The Kier molecular flexibility index (Phi) is 6.87. The number of aromatic nitrogens is 4. The Balaban J connectivity index is 0.00000113. The lowest BCUT2D eigenvalue weighted by atomic mass is 9.97. The molecule has 1 atom stereocenters. The highest BCUT2D eigenvalue weighted by atomic mass is 35.5. The van der Waals surface area contributed by atoms with Gasteiger partial charge in [0.05, 0.1) is 24.3 Å². The number of rotatable bonds is 3. The molecule has 9 heteroatoms. The molecule has 138 valence electrons. The van der Waals surface area contributed by atoms with Crippen molar-refractivity contribution in [2.24, 2.45) is 0 Å². The van der Waals surface area contributed by atoms with E-state index in [9.17, 15) is 4.79 Å². The second-order valence-electron chi connectivity index (χ2n) is 6.38. The van der Waals surface area contributed by atoms with Gasteiger partial charge in [0.1, 0.15) is 6.54 Å². The van der Waals surface area contributed by atoms with Crippen molar-refractivity contribution in [2.75, 3.05) is 19.6 Å². The van der Waals surface area contributed by atoms with E-state index in [-0.39, 0.29) is 30.7 Å². The van der Waals surface area contributed by atoms with E-state index in [2.05, 4.69) is 26.0 Å². The van der Waals surface area contributed by atoms with Gasteiger partial charge in [-0.25, -0.2) is 4.98 Å². The van der Waals surface area contributed by atoms with E-state index >= 15 is 0 Å². The third kappa shape index (κ3) is 4.34. The molecule has 0 spiro atoms. The number of carbonyl (C=O) groups excluding carboxylic acids is 1. The highest BCUT2D eigenvalue weighted by Crippen LogP contribution is 2.21. The smallest absolute Gasteiger partial charge is 0.244 e. The average Bonchev–Trinajstić information content (AvgIpc) is 3.24. The summed E-state index contributed by atoms with van der Waals surface area (Å²) in [6.45, 7) is 4.60. The zero-order chi connectivity index (χ0) is 15.6. The van der Waals surface area contributed by atoms with E-state index < -0.39 is 0 Å². The van der Waals surface area contributed by atoms with E-state index in [1.165, 1.54) is 12.8 Å². The molecule has 0 aromatic carbocycles. The molecule has 2 aliphatic rings. The first kappa shape index (κ1) is 19.8. The lowest BCUT2D eigenvalue weighted by Gasteiger charge is -2.28. The van der Waals surface area contributed by atoms with E-state index in [1.807, 2.05) is 23.6 Å². The predicted octanol–water partition coefficient (Wildman–Crippen LogP) is 1.43. The molecule has 2 aliphatic heterocycles. The Labute approximate surface area is 159 Å². The van der Waals surface area contributed by atoms with Gasteiger partial charge in [0, 0.05) is 37.9 Å². The van der Waals surface area contributed by atoms with Gasteiger partial charge in [-0.05, 0) is 25.5 Å². The zero-order valence-electron chi connectivity index (χ0n) is 14.0. The maximum Gasteiger partial charge on any atom is 0.244 e. The minimum absolute atomic E-state index is 0. The van der Waals surface area contributed by atoms with Crippen molar-refractivity contribution < 1.29 is 4.79 Å². The standard InChI is InChI=1S/C16H22N6O.2ClH/c23-16(20-6-7-21-12-18-9-14(21)10-20)11-22-5-3-15(19-22)13-2-1-4-17-8-13;;/h3,5,9,12-13,17H,1-2,4,6-8,10-11H2;2*1H. The summed E-state index contributed by atoms with van der Waals surface area (Å²) in [6, 6.07) is 2.05. The van der Waals surface area contributed by atoms with Crippen LogP contribution in [0.5, 0.6) is 0 Å². The number of imidazole rings is 1. The van der Waals surface area contributed by atoms with Crippen LogP contribution < -0.4 is 5.32 Å². The van der Waals surface area contributed by atoms with Gasteiger partial charge in [-0.1, -0.05) is 0 Å². The van der Waals surface area contributed by atoms with E-state index in [0.29, 0.717) is 19.0 Å². The average molecular weight is 387 g/mol. The fourth-order valence-corrected chi connectivity index (χ4v) is 3.42. The number of hydrogen-bond donors (Lipinski definition) is 1. The molecule has 2 aromatic heterocycles. The maximum absolute atomic E-state index is 12.5. The zero-order valence-corrected chi connectivity index (χ0v) is 15.6. The lowest BCUT2D eigenvalue weighted by molar-refractivity contribution is -0.133. The molecule has 1 saturated heterocycles. The molecule has 1 fully saturated rings. The first-order chi connectivity index (χ1) is 11.3. The maximum atomic E-state index is 12.5. The van der Waals surface area contributed by atoms with Gasteiger partial charge < -0.3 is 14.8 Å². The molecular formula is C16H24Cl2N6O. The van der Waals surface area contributed by atoms with Crippen LogP contribution in [0.4, 0.5) is 0 Å². The Morgan fingerprint density at radius 1 is 1.32 bits per heavy atom. The van der Waals surface area contributed by atoms with Crippen LogP contribution in [-0.2, 0) is 24.4 Å². The van der Waals surface area contributed by atoms with Gasteiger partial charge in [-0.3, -0.25) is 9.48 Å². The third-order valence-corrected chi connectivity index (χ3v) is 4.79. The molecule has 7 nitrogen and oxygen atoms in total. The fraction of sp³-hybridized carbons (Fsp3) is 0.562. The number of nitrogens with zero attached hydrogens (tertiary/aromatic N) is 5. The van der Waals surface area contributed by atoms with Gasteiger partial charge in [0.15, 0.2) is 0 Å². The largest absolute Gasteiger partial charge is 0.333 e. The van der Waals surface area contributed by atoms with Crippen LogP contribution in [0, 0.1) is 0 Å². The van der Waals surface area contributed by atoms with Gasteiger partial charge in [-0.2, -0.15) is 5.10 Å². The molecule has 1 unspecified atom stereocenters. The van der Waals surface area contributed by atoms with Crippen molar-refractivity contribution in [3.8, 4) is 0 Å². The van der Waals surface area contributed by atoms with Crippen molar-refractivity contribution in [1.29, 1.82) is 0 Å². The van der Waals surface area contributed by atoms with Crippen molar-refractivity contribution in [3.63, 3.8) is 0 Å². The minimum atomic E-state index is 0. The second kappa shape index (κ2) is 8.69. The molecule has 1 amide bonds. The van der Waals surface area contributed by atoms with Gasteiger partial charge >= 0.3 is 0 Å². The summed E-state index contributed by atoms with van der Waals surface area (Å²) in [5.41, 5.74) is 2.20. The molecule has 4 heterocycles. The van der Waals surface area contributed by atoms with Crippen LogP contribution in [0.1, 0.15) is 30.1 Å². The first-order valence-electron chi connectivity index (χ1n) is 8.30. The molecular weight excluding hydrogens is 363 g/mol. The second-order valence-corrected chi connectivity index (χ2v) is 6.38. The number of hydrogen-bond acceptors (Lipinski definition) is 4. The van der Waals surface area contributed by atoms with Crippen LogP contribution in [0.15, 0.2) is 24.8 Å².